The molecule has 0 amide bonds. The second-order valence-electron chi connectivity index (χ2n) is 7.48. The summed E-state index contributed by atoms with van der Waals surface area (Å²) in [5, 5.41) is 0. The average Bonchev–Trinajstić information content (AvgIpc) is 2.93. The van der Waals surface area contributed by atoms with Crippen molar-refractivity contribution in [1.29, 1.82) is 0 Å². The number of hydrogen-bond acceptors (Lipinski definition) is 9. The Morgan fingerprint density at radius 1 is 0.622 bits per heavy atom. The van der Waals surface area contributed by atoms with E-state index >= 15 is 0 Å². The van der Waals surface area contributed by atoms with Crippen molar-refractivity contribution in [2.45, 2.75) is 12.2 Å². The minimum atomic E-state index is -0.781. The molecular weight excluding hydrogens is 510 g/mol. The van der Waals surface area contributed by atoms with E-state index in [9.17, 15) is 14.4 Å². The molecule has 0 heterocycles. The Labute approximate surface area is 218 Å². The summed E-state index contributed by atoms with van der Waals surface area (Å²) in [7, 11) is 0. The van der Waals surface area contributed by atoms with Crippen LogP contribution >= 0.6 is 11.6 Å². The normalized spacial score (nSPS) is 12.1. The zero-order valence-electron chi connectivity index (χ0n) is 20.4. The molecule has 0 bridgehead atoms. The highest BCUT2D eigenvalue weighted by Crippen LogP contribution is 2.26. The van der Waals surface area contributed by atoms with Crippen LogP contribution in [0.3, 0.4) is 0 Å². The highest BCUT2D eigenvalue weighted by molar-refractivity contribution is 6.18. The number of alkyl halides is 1. The number of halogens is 1. The number of carbonyl (C=O) groups is 3. The maximum Gasteiger partial charge on any atom is 0.362 e. The second-order valence-corrected chi connectivity index (χ2v) is 7.79. The van der Waals surface area contributed by atoms with Gasteiger partial charge >= 0.3 is 17.9 Å². The van der Waals surface area contributed by atoms with E-state index in [1.807, 2.05) is 0 Å². The van der Waals surface area contributed by atoms with Crippen LogP contribution in [0, 0.1) is 0 Å². The van der Waals surface area contributed by atoms with Gasteiger partial charge in [0.15, 0.2) is 25.7 Å². The van der Waals surface area contributed by atoms with Crippen LogP contribution in [0.5, 0.6) is 23.0 Å². The van der Waals surface area contributed by atoms with Gasteiger partial charge in [0.05, 0.1) is 5.88 Å². The van der Waals surface area contributed by atoms with Crippen LogP contribution in [0.2, 0.25) is 0 Å². The molecule has 0 aliphatic heterocycles. The maximum atomic E-state index is 11.6. The molecule has 0 saturated heterocycles. The first-order valence-electron chi connectivity index (χ1n) is 11.5. The van der Waals surface area contributed by atoms with Gasteiger partial charge in [0.1, 0.15) is 48.9 Å². The van der Waals surface area contributed by atoms with Crippen molar-refractivity contribution in [3.8, 4) is 23.0 Å². The first-order valence-corrected chi connectivity index (χ1v) is 12.0. The third-order valence-electron chi connectivity index (χ3n) is 4.57. The number of esters is 3. The molecule has 0 fully saturated rings. The van der Waals surface area contributed by atoms with Gasteiger partial charge in [-0.05, 0) is 48.5 Å². The molecule has 2 atom stereocenters. The monoisotopic (exact) mass is 542 g/mol. The summed E-state index contributed by atoms with van der Waals surface area (Å²) in [5.41, 5.74) is 10.4. The molecule has 202 valence electrons. The van der Waals surface area contributed by atoms with Crippen molar-refractivity contribution < 1.29 is 60.0 Å². The Bertz CT molecular complexity index is 990. The van der Waals surface area contributed by atoms with Gasteiger partial charge in [-0.25, -0.2) is 14.4 Å². The molecule has 2 rings (SSSR count). The van der Waals surface area contributed by atoms with Crippen molar-refractivity contribution in [3.05, 3.63) is 48.5 Å². The van der Waals surface area contributed by atoms with E-state index in [1.54, 1.807) is 48.5 Å². The smallest absolute Gasteiger partial charge is 0.362 e. The number of quaternary nitrogens is 3. The molecule has 0 spiro atoms. The summed E-state index contributed by atoms with van der Waals surface area (Å²) in [6.45, 7) is -0.111. The van der Waals surface area contributed by atoms with E-state index in [0.717, 1.165) is 0 Å². The number of benzene rings is 2. The summed E-state index contributed by atoms with van der Waals surface area (Å²) in [6.07, 6.45) is -1.35. The van der Waals surface area contributed by atoms with Crippen LogP contribution in [0.25, 0.3) is 0 Å². The number of carbonyl (C=O) groups excluding carboxylic acids is 3. The fourth-order valence-corrected chi connectivity index (χ4v) is 2.85. The fraction of sp³-hybridized carbons (Fsp3) is 0.375. The quantitative estimate of drug-likeness (QED) is 0.130. The molecule has 2 aromatic carbocycles. The topological polar surface area (TPSA) is 190 Å². The van der Waals surface area contributed by atoms with E-state index in [4.69, 9.17) is 40.0 Å². The molecule has 0 radical (unpaired) electrons. The minimum Gasteiger partial charge on any atom is -0.490 e. The second kappa shape index (κ2) is 16.2. The molecule has 0 aromatic heterocycles. The van der Waals surface area contributed by atoms with Gasteiger partial charge in [0, 0.05) is 0 Å². The fourth-order valence-electron chi connectivity index (χ4n) is 2.70. The van der Waals surface area contributed by atoms with E-state index in [0.29, 0.717) is 23.0 Å². The zero-order valence-corrected chi connectivity index (χ0v) is 21.2. The third kappa shape index (κ3) is 11.3. The summed E-state index contributed by atoms with van der Waals surface area (Å²) < 4.78 is 32.4. The lowest BCUT2D eigenvalue weighted by Gasteiger charge is -2.17. The van der Waals surface area contributed by atoms with Crippen molar-refractivity contribution in [3.63, 3.8) is 0 Å². The standard InChI is InChI=1S/C24H30ClN3O9/c25-9-20(36-23(30)11-27)13-32-16-1-5-18(6-2-16)35-19-7-3-17(4-8-19)33-14-21(37-24(31)12-28)15-34-22(29)10-26/h1-8,20-21H,9-15,26-28H2/p+3. The predicted molar refractivity (Wildman–Crippen MR) is 129 cm³/mol. The van der Waals surface area contributed by atoms with Gasteiger partial charge in [0.25, 0.3) is 0 Å². The molecule has 0 aliphatic carbocycles. The first kappa shape index (κ1) is 29.6. The summed E-state index contributed by atoms with van der Waals surface area (Å²) in [5.74, 6) is 0.830. The Kier molecular flexibility index (Phi) is 13.0. The minimum absolute atomic E-state index is 0.0169. The molecule has 9 N–H and O–H groups in total. The van der Waals surface area contributed by atoms with Gasteiger partial charge in [-0.3, -0.25) is 0 Å². The Morgan fingerprint density at radius 3 is 1.46 bits per heavy atom. The third-order valence-corrected chi connectivity index (χ3v) is 4.91. The van der Waals surface area contributed by atoms with Gasteiger partial charge < -0.3 is 45.6 Å². The molecular formula is C24H33ClN3O9+3. The van der Waals surface area contributed by atoms with Crippen LogP contribution in [-0.4, -0.2) is 75.5 Å². The van der Waals surface area contributed by atoms with Gasteiger partial charge in [-0.1, -0.05) is 0 Å². The molecule has 2 unspecified atom stereocenters. The van der Waals surface area contributed by atoms with Crippen molar-refractivity contribution in [2.75, 3.05) is 45.3 Å². The van der Waals surface area contributed by atoms with Crippen LogP contribution < -0.4 is 31.4 Å². The Morgan fingerprint density at radius 2 is 1.03 bits per heavy atom. The van der Waals surface area contributed by atoms with Crippen LogP contribution in [-0.2, 0) is 28.6 Å². The molecule has 0 saturated carbocycles. The van der Waals surface area contributed by atoms with Crippen molar-refractivity contribution in [2.24, 2.45) is 0 Å². The lowest BCUT2D eigenvalue weighted by molar-refractivity contribution is -0.362. The van der Waals surface area contributed by atoms with Gasteiger partial charge in [-0.15, -0.1) is 11.6 Å². The highest BCUT2D eigenvalue weighted by atomic mass is 35.5. The lowest BCUT2D eigenvalue weighted by atomic mass is 10.3. The summed E-state index contributed by atoms with van der Waals surface area (Å²) in [4.78, 5) is 34.3. The molecule has 0 aliphatic rings. The average molecular weight is 543 g/mol. The SMILES string of the molecule is [NH3+]CC(=O)OCC(COc1ccc(Oc2ccc(OCC(CCl)OC(=O)C[NH3+])cc2)cc1)OC(=O)C[NH3+]. The highest BCUT2D eigenvalue weighted by Gasteiger charge is 2.18. The van der Waals surface area contributed by atoms with Gasteiger partial charge in [0.2, 0.25) is 0 Å². The van der Waals surface area contributed by atoms with E-state index in [1.165, 1.54) is 0 Å². The van der Waals surface area contributed by atoms with E-state index < -0.39 is 30.1 Å². The molecule has 12 nitrogen and oxygen atoms in total. The molecule has 2 aromatic rings. The van der Waals surface area contributed by atoms with E-state index in [2.05, 4.69) is 17.2 Å². The maximum absolute atomic E-state index is 11.6. The van der Waals surface area contributed by atoms with Crippen LogP contribution in [0.1, 0.15) is 0 Å². The van der Waals surface area contributed by atoms with Crippen molar-refractivity contribution in [1.82, 2.24) is 0 Å². The van der Waals surface area contributed by atoms with E-state index in [-0.39, 0.29) is 45.3 Å². The molecule has 37 heavy (non-hydrogen) atoms. The summed E-state index contributed by atoms with van der Waals surface area (Å²) in [6, 6.07) is 13.7. The molecule has 13 heteroatoms. The zero-order chi connectivity index (χ0) is 27.0. The van der Waals surface area contributed by atoms with Crippen LogP contribution in [0.4, 0.5) is 0 Å². The first-order chi connectivity index (χ1) is 17.9. The lowest BCUT2D eigenvalue weighted by Crippen LogP contribution is -2.56. The largest absolute Gasteiger partial charge is 0.490 e. The summed E-state index contributed by atoms with van der Waals surface area (Å²) >= 11 is 5.80. The number of hydrogen-bond donors (Lipinski definition) is 3. The van der Waals surface area contributed by atoms with Crippen LogP contribution in [0.15, 0.2) is 48.5 Å². The Hall–Kier alpha value is -3.58. The number of rotatable bonds is 16. The Balaban J connectivity index is 1.85. The predicted octanol–water partition coefficient (Wildman–Crippen LogP) is -1.43. The number of ether oxygens (including phenoxy) is 6. The van der Waals surface area contributed by atoms with Crippen molar-refractivity contribution >= 4 is 29.5 Å². The van der Waals surface area contributed by atoms with Gasteiger partial charge in [-0.2, -0.15) is 0 Å².